The van der Waals surface area contributed by atoms with E-state index in [1.807, 2.05) is 14.1 Å². The third-order valence-electron chi connectivity index (χ3n) is 2.38. The lowest BCUT2D eigenvalue weighted by Gasteiger charge is -2.22. The Morgan fingerprint density at radius 2 is 1.89 bits per heavy atom. The van der Waals surface area contributed by atoms with Gasteiger partial charge in [0.1, 0.15) is 0 Å². The first-order chi connectivity index (χ1) is 8.67. The Balaban J connectivity index is 2.62. The second-order valence-electron chi connectivity index (χ2n) is 6.01. The zero-order valence-electron chi connectivity index (χ0n) is 12.3. The van der Waals surface area contributed by atoms with E-state index in [1.165, 1.54) is 0 Å². The molecular formula is C12H24N6O. The van der Waals surface area contributed by atoms with E-state index in [2.05, 4.69) is 41.0 Å². The van der Waals surface area contributed by atoms with Gasteiger partial charge >= 0.3 is 0 Å². The molecule has 0 amide bonds. The van der Waals surface area contributed by atoms with Crippen LogP contribution < -0.4 is 16.0 Å². The Morgan fingerprint density at radius 1 is 1.26 bits per heavy atom. The molecule has 0 radical (unpaired) electrons. The van der Waals surface area contributed by atoms with Crippen molar-refractivity contribution in [1.29, 1.82) is 0 Å². The normalized spacial score (nSPS) is 13.2. The molecule has 108 valence electrons. The number of hydrogen-bond acceptors (Lipinski definition) is 7. The zero-order chi connectivity index (χ0) is 14.6. The van der Waals surface area contributed by atoms with Crippen LogP contribution >= 0.6 is 0 Å². The Kier molecular flexibility index (Phi) is 4.88. The van der Waals surface area contributed by atoms with Crippen LogP contribution in [-0.4, -0.2) is 46.8 Å². The van der Waals surface area contributed by atoms with Crippen molar-refractivity contribution in [3.8, 4) is 0 Å². The standard InChI is InChI=1S/C12H24N6O/c1-12(2,3)6-8(19)7-14-10-15-9(13)16-11(17-10)18(4)5/h8,19H,6-7H2,1-5H3,(H3,13,14,15,16,17). The molecular weight excluding hydrogens is 244 g/mol. The maximum Gasteiger partial charge on any atom is 0.231 e. The number of rotatable bonds is 5. The van der Waals surface area contributed by atoms with E-state index >= 15 is 0 Å². The Morgan fingerprint density at radius 3 is 2.42 bits per heavy atom. The summed E-state index contributed by atoms with van der Waals surface area (Å²) in [6.07, 6.45) is 0.238. The molecule has 1 atom stereocenters. The van der Waals surface area contributed by atoms with Gasteiger partial charge in [0.25, 0.3) is 0 Å². The topological polar surface area (TPSA) is 100 Å². The van der Waals surface area contributed by atoms with Crippen LogP contribution in [0.1, 0.15) is 27.2 Å². The molecule has 4 N–H and O–H groups in total. The van der Waals surface area contributed by atoms with Crippen molar-refractivity contribution in [3.63, 3.8) is 0 Å². The van der Waals surface area contributed by atoms with Crippen LogP contribution in [0.15, 0.2) is 0 Å². The maximum atomic E-state index is 9.92. The fraction of sp³-hybridized carbons (Fsp3) is 0.750. The van der Waals surface area contributed by atoms with Crippen LogP contribution in [0, 0.1) is 5.41 Å². The molecule has 1 aromatic rings. The van der Waals surface area contributed by atoms with Gasteiger partial charge in [0.2, 0.25) is 17.8 Å². The van der Waals surface area contributed by atoms with Crippen molar-refractivity contribution in [2.24, 2.45) is 5.41 Å². The molecule has 0 aliphatic rings. The molecule has 0 aliphatic heterocycles. The van der Waals surface area contributed by atoms with E-state index in [-0.39, 0.29) is 11.4 Å². The summed E-state index contributed by atoms with van der Waals surface area (Å²) in [5, 5.41) is 12.9. The van der Waals surface area contributed by atoms with Gasteiger partial charge in [0.15, 0.2) is 0 Å². The molecule has 0 saturated carbocycles. The molecule has 0 aliphatic carbocycles. The fourth-order valence-corrected chi connectivity index (χ4v) is 1.65. The van der Waals surface area contributed by atoms with Gasteiger partial charge in [-0.15, -0.1) is 0 Å². The number of anilines is 3. The van der Waals surface area contributed by atoms with Crippen LogP contribution in [0.3, 0.4) is 0 Å². The zero-order valence-corrected chi connectivity index (χ0v) is 12.3. The molecule has 7 heteroatoms. The van der Waals surface area contributed by atoms with Crippen molar-refractivity contribution in [2.45, 2.75) is 33.3 Å². The lowest BCUT2D eigenvalue weighted by atomic mass is 9.89. The van der Waals surface area contributed by atoms with Crippen LogP contribution in [0.5, 0.6) is 0 Å². The third kappa shape index (κ3) is 5.69. The SMILES string of the molecule is CN(C)c1nc(N)nc(NCC(O)CC(C)(C)C)n1. The summed E-state index contributed by atoms with van der Waals surface area (Å²) in [6, 6.07) is 0. The molecule has 0 saturated heterocycles. The number of nitrogens with zero attached hydrogens (tertiary/aromatic N) is 4. The number of hydrogen-bond donors (Lipinski definition) is 3. The highest BCUT2D eigenvalue weighted by atomic mass is 16.3. The van der Waals surface area contributed by atoms with Crippen molar-refractivity contribution in [2.75, 3.05) is 36.6 Å². The molecule has 19 heavy (non-hydrogen) atoms. The van der Waals surface area contributed by atoms with Crippen LogP contribution in [0.2, 0.25) is 0 Å². The van der Waals surface area contributed by atoms with Gasteiger partial charge in [0, 0.05) is 20.6 Å². The summed E-state index contributed by atoms with van der Waals surface area (Å²) in [7, 11) is 3.65. The van der Waals surface area contributed by atoms with E-state index in [1.54, 1.807) is 4.90 Å². The Bertz CT molecular complexity index is 415. The van der Waals surface area contributed by atoms with Gasteiger partial charge < -0.3 is 21.1 Å². The average molecular weight is 268 g/mol. The van der Waals surface area contributed by atoms with Crippen LogP contribution in [0.25, 0.3) is 0 Å². The summed E-state index contributed by atoms with van der Waals surface area (Å²) in [6.45, 7) is 6.64. The van der Waals surface area contributed by atoms with E-state index < -0.39 is 6.10 Å². The summed E-state index contributed by atoms with van der Waals surface area (Å²) in [5.74, 6) is 1.02. The minimum Gasteiger partial charge on any atom is -0.391 e. The van der Waals surface area contributed by atoms with Crippen molar-refractivity contribution >= 4 is 17.8 Å². The first kappa shape index (κ1) is 15.4. The largest absolute Gasteiger partial charge is 0.391 e. The highest BCUT2D eigenvalue weighted by Crippen LogP contribution is 2.20. The molecule has 1 heterocycles. The molecule has 0 spiro atoms. The molecule has 1 unspecified atom stereocenters. The lowest BCUT2D eigenvalue weighted by molar-refractivity contribution is 0.132. The van der Waals surface area contributed by atoms with Gasteiger partial charge in [0.05, 0.1) is 6.10 Å². The van der Waals surface area contributed by atoms with E-state index in [4.69, 9.17) is 5.73 Å². The number of aliphatic hydroxyl groups excluding tert-OH is 1. The number of aromatic nitrogens is 3. The van der Waals surface area contributed by atoms with Crippen molar-refractivity contribution in [1.82, 2.24) is 15.0 Å². The fourth-order valence-electron chi connectivity index (χ4n) is 1.65. The minimum absolute atomic E-state index is 0.0774. The first-order valence-electron chi connectivity index (χ1n) is 6.28. The molecule has 0 aromatic carbocycles. The number of nitrogens with one attached hydrogen (secondary N) is 1. The summed E-state index contributed by atoms with van der Waals surface area (Å²) >= 11 is 0. The quantitative estimate of drug-likeness (QED) is 0.723. The van der Waals surface area contributed by atoms with Crippen LogP contribution in [-0.2, 0) is 0 Å². The van der Waals surface area contributed by atoms with Gasteiger partial charge in [-0.1, -0.05) is 20.8 Å². The number of aliphatic hydroxyl groups is 1. The number of nitrogens with two attached hydrogens (primary N) is 1. The van der Waals surface area contributed by atoms with E-state index in [0.29, 0.717) is 24.9 Å². The first-order valence-corrected chi connectivity index (χ1v) is 6.28. The molecule has 1 aromatic heterocycles. The van der Waals surface area contributed by atoms with E-state index in [0.717, 1.165) is 0 Å². The highest BCUT2D eigenvalue weighted by Gasteiger charge is 2.17. The highest BCUT2D eigenvalue weighted by molar-refractivity contribution is 5.40. The van der Waals surface area contributed by atoms with Crippen LogP contribution in [0.4, 0.5) is 17.8 Å². The number of nitrogen functional groups attached to an aromatic ring is 1. The second kappa shape index (κ2) is 6.01. The minimum atomic E-state index is -0.458. The molecule has 0 fully saturated rings. The summed E-state index contributed by atoms with van der Waals surface area (Å²) < 4.78 is 0. The summed E-state index contributed by atoms with van der Waals surface area (Å²) in [4.78, 5) is 13.9. The Labute approximate surface area is 114 Å². The van der Waals surface area contributed by atoms with Gasteiger partial charge in [-0.05, 0) is 11.8 Å². The van der Waals surface area contributed by atoms with Crippen molar-refractivity contribution in [3.05, 3.63) is 0 Å². The van der Waals surface area contributed by atoms with Gasteiger partial charge in [-0.25, -0.2) is 0 Å². The molecule has 0 bridgehead atoms. The predicted octanol–water partition coefficient (Wildman–Crippen LogP) is 0.729. The Hall–Kier alpha value is -1.63. The van der Waals surface area contributed by atoms with Gasteiger partial charge in [-0.2, -0.15) is 15.0 Å². The van der Waals surface area contributed by atoms with Gasteiger partial charge in [-0.3, -0.25) is 0 Å². The third-order valence-corrected chi connectivity index (χ3v) is 2.38. The maximum absolute atomic E-state index is 9.92. The predicted molar refractivity (Wildman–Crippen MR) is 77.1 cm³/mol. The molecule has 1 rings (SSSR count). The average Bonchev–Trinajstić information content (AvgIpc) is 2.23. The monoisotopic (exact) mass is 268 g/mol. The van der Waals surface area contributed by atoms with Crippen molar-refractivity contribution < 1.29 is 5.11 Å². The summed E-state index contributed by atoms with van der Waals surface area (Å²) in [5.41, 5.74) is 5.69. The lowest BCUT2D eigenvalue weighted by Crippen LogP contribution is -2.26. The van der Waals surface area contributed by atoms with E-state index in [9.17, 15) is 5.11 Å². The second-order valence-corrected chi connectivity index (χ2v) is 6.01. The molecule has 7 nitrogen and oxygen atoms in total. The smallest absolute Gasteiger partial charge is 0.231 e.